The van der Waals surface area contributed by atoms with Crippen LogP contribution >= 0.6 is 11.3 Å². The number of nitrogens with one attached hydrogen (secondary N) is 1. The molecule has 4 nitrogen and oxygen atoms in total. The molecule has 1 aromatic carbocycles. The second-order valence-electron chi connectivity index (χ2n) is 5.68. The number of thiazole rings is 1. The average molecular weight is 355 g/mol. The summed E-state index contributed by atoms with van der Waals surface area (Å²) in [6, 6.07) is 5.10. The van der Waals surface area contributed by atoms with Gasteiger partial charge in [-0.15, -0.1) is 11.3 Å². The monoisotopic (exact) mass is 355 g/mol. The zero-order chi connectivity index (χ0) is 17.3. The van der Waals surface area contributed by atoms with E-state index in [9.17, 15) is 18.0 Å². The van der Waals surface area contributed by atoms with E-state index in [0.29, 0.717) is 10.6 Å². The van der Waals surface area contributed by atoms with E-state index in [1.165, 1.54) is 17.4 Å². The van der Waals surface area contributed by atoms with E-state index in [2.05, 4.69) is 10.3 Å². The van der Waals surface area contributed by atoms with Gasteiger partial charge >= 0.3 is 6.18 Å². The van der Waals surface area contributed by atoms with Gasteiger partial charge in [-0.05, 0) is 25.1 Å². The van der Waals surface area contributed by atoms with E-state index in [1.807, 2.05) is 0 Å². The van der Waals surface area contributed by atoms with E-state index in [4.69, 9.17) is 0 Å². The summed E-state index contributed by atoms with van der Waals surface area (Å²) in [5.74, 6) is -0.210. The Balaban J connectivity index is 1.81. The van der Waals surface area contributed by atoms with Gasteiger partial charge in [0, 0.05) is 30.6 Å². The number of aromatic nitrogens is 1. The Bertz CT molecular complexity index is 738. The highest BCUT2D eigenvalue weighted by Crippen LogP contribution is 2.33. The van der Waals surface area contributed by atoms with Crippen LogP contribution in [0.5, 0.6) is 0 Å². The lowest BCUT2D eigenvalue weighted by Crippen LogP contribution is -2.38. The van der Waals surface area contributed by atoms with Crippen molar-refractivity contribution in [3.05, 3.63) is 40.9 Å². The fraction of sp³-hybridized carbons (Fsp3) is 0.375. The molecule has 8 heteroatoms. The van der Waals surface area contributed by atoms with Crippen molar-refractivity contribution in [2.45, 2.75) is 18.6 Å². The molecule has 0 saturated carbocycles. The van der Waals surface area contributed by atoms with Crippen LogP contribution in [0, 0.1) is 0 Å². The topological polar surface area (TPSA) is 45.2 Å². The number of carbonyl (C=O) groups excluding carboxylic acids is 1. The summed E-state index contributed by atoms with van der Waals surface area (Å²) >= 11 is 1.17. The number of carbonyl (C=O) groups is 1. The number of likely N-dealkylation sites (N-methyl/N-ethyl adjacent to an activating group) is 1. The molecule has 1 aliphatic rings. The minimum absolute atomic E-state index is 0.121. The van der Waals surface area contributed by atoms with Crippen LogP contribution in [-0.4, -0.2) is 42.0 Å². The van der Waals surface area contributed by atoms with Crippen molar-refractivity contribution < 1.29 is 18.0 Å². The maximum atomic E-state index is 12.8. The molecule has 0 bridgehead atoms. The molecule has 0 spiro atoms. The largest absolute Gasteiger partial charge is 0.416 e. The van der Waals surface area contributed by atoms with Crippen molar-refractivity contribution in [2.24, 2.45) is 0 Å². The molecule has 128 valence electrons. The first-order chi connectivity index (χ1) is 11.4. The van der Waals surface area contributed by atoms with Crippen LogP contribution in [0.2, 0.25) is 0 Å². The molecule has 1 N–H and O–H groups in total. The summed E-state index contributed by atoms with van der Waals surface area (Å²) in [6.07, 6.45) is -3.52. The van der Waals surface area contributed by atoms with Gasteiger partial charge in [0.05, 0.1) is 5.56 Å². The summed E-state index contributed by atoms with van der Waals surface area (Å²) in [6.45, 7) is 1.61. The molecular formula is C16H16F3N3OS. The minimum atomic E-state index is -4.40. The van der Waals surface area contributed by atoms with Gasteiger partial charge in [0.2, 0.25) is 0 Å². The molecule has 0 aliphatic carbocycles. The lowest BCUT2D eigenvalue weighted by Gasteiger charge is -2.22. The summed E-state index contributed by atoms with van der Waals surface area (Å²) in [4.78, 5) is 18.3. The smallest absolute Gasteiger partial charge is 0.336 e. The number of amides is 1. The maximum absolute atomic E-state index is 12.8. The van der Waals surface area contributed by atoms with E-state index >= 15 is 0 Å². The number of halogens is 3. The van der Waals surface area contributed by atoms with Crippen LogP contribution < -0.4 is 5.32 Å². The first-order valence-corrected chi connectivity index (χ1v) is 8.35. The van der Waals surface area contributed by atoms with E-state index in [0.717, 1.165) is 31.6 Å². The van der Waals surface area contributed by atoms with E-state index in [1.54, 1.807) is 23.4 Å². The van der Waals surface area contributed by atoms with Crippen LogP contribution in [0.25, 0.3) is 10.6 Å². The van der Waals surface area contributed by atoms with Gasteiger partial charge in [0.25, 0.3) is 5.91 Å². The predicted octanol–water partition coefficient (Wildman–Crippen LogP) is 3.26. The van der Waals surface area contributed by atoms with Crippen LogP contribution in [0.4, 0.5) is 13.2 Å². The number of nitrogens with zero attached hydrogens (tertiary/aromatic N) is 2. The first-order valence-electron chi connectivity index (χ1n) is 7.47. The quantitative estimate of drug-likeness (QED) is 0.919. The SMILES string of the molecule is CN(C(=O)c1csc(-c2cccc(C(F)(F)F)c2)n1)C1CCNC1. The Morgan fingerprint density at radius 3 is 2.88 bits per heavy atom. The van der Waals surface area contributed by atoms with Gasteiger partial charge in [0.15, 0.2) is 0 Å². The van der Waals surface area contributed by atoms with Gasteiger partial charge in [0.1, 0.15) is 10.7 Å². The Labute approximate surface area is 141 Å². The molecule has 2 heterocycles. The number of alkyl halides is 3. The molecular weight excluding hydrogens is 339 g/mol. The highest BCUT2D eigenvalue weighted by Gasteiger charge is 2.31. The lowest BCUT2D eigenvalue weighted by atomic mass is 10.1. The third kappa shape index (κ3) is 3.44. The standard InChI is InChI=1S/C16H16F3N3OS/c1-22(12-5-6-20-8-12)15(23)13-9-24-14(21-13)10-3-2-4-11(7-10)16(17,18)19/h2-4,7,9,12,20H,5-6,8H2,1H3. The van der Waals surface area contributed by atoms with Crippen molar-refractivity contribution in [1.82, 2.24) is 15.2 Å². The Morgan fingerprint density at radius 2 is 2.21 bits per heavy atom. The normalized spacial score (nSPS) is 17.9. The fourth-order valence-corrected chi connectivity index (χ4v) is 3.44. The highest BCUT2D eigenvalue weighted by molar-refractivity contribution is 7.13. The minimum Gasteiger partial charge on any atom is -0.336 e. The van der Waals surface area contributed by atoms with Crippen molar-refractivity contribution in [3.8, 4) is 10.6 Å². The van der Waals surface area contributed by atoms with Crippen molar-refractivity contribution in [3.63, 3.8) is 0 Å². The molecule has 1 saturated heterocycles. The highest BCUT2D eigenvalue weighted by atomic mass is 32.1. The molecule has 1 fully saturated rings. The van der Waals surface area contributed by atoms with Crippen LogP contribution in [-0.2, 0) is 6.18 Å². The Hall–Kier alpha value is -1.93. The molecule has 1 atom stereocenters. The summed E-state index contributed by atoms with van der Waals surface area (Å²) in [5, 5.41) is 5.19. The molecule has 24 heavy (non-hydrogen) atoms. The zero-order valence-electron chi connectivity index (χ0n) is 12.9. The van der Waals surface area contributed by atoms with E-state index in [-0.39, 0.29) is 17.6 Å². The number of hydrogen-bond acceptors (Lipinski definition) is 4. The second kappa shape index (κ2) is 6.52. The maximum Gasteiger partial charge on any atom is 0.416 e. The van der Waals surface area contributed by atoms with Crippen molar-refractivity contribution >= 4 is 17.2 Å². The summed E-state index contributed by atoms with van der Waals surface area (Å²) < 4.78 is 38.4. The molecule has 2 aromatic rings. The van der Waals surface area contributed by atoms with Gasteiger partial charge in [-0.2, -0.15) is 13.2 Å². The molecule has 1 aromatic heterocycles. The van der Waals surface area contributed by atoms with Gasteiger partial charge < -0.3 is 10.2 Å². The van der Waals surface area contributed by atoms with Crippen molar-refractivity contribution in [2.75, 3.05) is 20.1 Å². The molecule has 3 rings (SSSR count). The third-order valence-corrected chi connectivity index (χ3v) is 4.95. The average Bonchev–Trinajstić information content (AvgIpc) is 3.24. The number of hydrogen-bond donors (Lipinski definition) is 1. The fourth-order valence-electron chi connectivity index (χ4n) is 2.65. The van der Waals surface area contributed by atoms with E-state index < -0.39 is 11.7 Å². The van der Waals surface area contributed by atoms with Crippen LogP contribution in [0.15, 0.2) is 29.6 Å². The van der Waals surface area contributed by atoms with Gasteiger partial charge in [-0.1, -0.05) is 12.1 Å². The lowest BCUT2D eigenvalue weighted by molar-refractivity contribution is -0.137. The third-order valence-electron chi connectivity index (χ3n) is 4.06. The molecule has 0 radical (unpaired) electrons. The summed E-state index contributed by atoms with van der Waals surface area (Å²) in [7, 11) is 1.73. The van der Waals surface area contributed by atoms with Crippen LogP contribution in [0.3, 0.4) is 0 Å². The number of benzene rings is 1. The van der Waals surface area contributed by atoms with Crippen molar-refractivity contribution in [1.29, 1.82) is 0 Å². The first kappa shape index (κ1) is 16.9. The second-order valence-corrected chi connectivity index (χ2v) is 6.54. The number of rotatable bonds is 3. The predicted molar refractivity (Wildman–Crippen MR) is 85.9 cm³/mol. The Kier molecular flexibility index (Phi) is 4.60. The van der Waals surface area contributed by atoms with Gasteiger partial charge in [-0.25, -0.2) is 4.98 Å². The molecule has 1 unspecified atom stereocenters. The summed E-state index contributed by atoms with van der Waals surface area (Å²) in [5.41, 5.74) is -0.0990. The van der Waals surface area contributed by atoms with Gasteiger partial charge in [-0.3, -0.25) is 4.79 Å². The molecule has 1 amide bonds. The molecule has 1 aliphatic heterocycles. The van der Waals surface area contributed by atoms with Crippen LogP contribution in [0.1, 0.15) is 22.5 Å². The Morgan fingerprint density at radius 1 is 1.42 bits per heavy atom. The zero-order valence-corrected chi connectivity index (χ0v) is 13.7.